The van der Waals surface area contributed by atoms with Crippen LogP contribution in [0.25, 0.3) is 11.3 Å². The van der Waals surface area contributed by atoms with Gasteiger partial charge in [0, 0.05) is 17.7 Å². The molecule has 0 spiro atoms. The molecule has 3 aromatic rings. The van der Waals surface area contributed by atoms with Crippen LogP contribution in [0.2, 0.25) is 10.0 Å². The molecule has 0 radical (unpaired) electrons. The highest BCUT2D eigenvalue weighted by atomic mass is 35.5. The van der Waals surface area contributed by atoms with E-state index in [1.807, 2.05) is 0 Å². The van der Waals surface area contributed by atoms with Gasteiger partial charge in [-0.1, -0.05) is 23.2 Å². The second kappa shape index (κ2) is 9.63. The first-order valence-electron chi connectivity index (χ1n) is 9.00. The number of nitro groups is 1. The van der Waals surface area contributed by atoms with Crippen LogP contribution in [0, 0.1) is 24.0 Å². The largest absolute Gasteiger partial charge is 0.483 e. The van der Waals surface area contributed by atoms with Gasteiger partial charge in [0.05, 0.1) is 21.2 Å². The van der Waals surface area contributed by atoms with E-state index in [2.05, 4.69) is 10.5 Å². The maximum Gasteiger partial charge on any atom is 0.277 e. The molecule has 0 fully saturated rings. The molecule has 0 atom stereocenters. The molecule has 10 heteroatoms. The van der Waals surface area contributed by atoms with Crippen molar-refractivity contribution in [2.45, 2.75) is 13.8 Å². The lowest BCUT2D eigenvalue weighted by Crippen LogP contribution is -2.25. The number of amides is 1. The highest BCUT2D eigenvalue weighted by Gasteiger charge is 2.14. The number of nitrogens with zero attached hydrogens (tertiary/aromatic N) is 2. The lowest BCUT2D eigenvalue weighted by molar-refractivity contribution is -0.385. The van der Waals surface area contributed by atoms with Gasteiger partial charge in [0.15, 0.2) is 6.61 Å². The Labute approximate surface area is 187 Å². The van der Waals surface area contributed by atoms with Gasteiger partial charge in [-0.15, -0.1) is 0 Å². The third kappa shape index (κ3) is 5.62. The molecule has 2 aromatic carbocycles. The quantitative estimate of drug-likeness (QED) is 0.291. The average molecular weight is 462 g/mol. The molecule has 31 heavy (non-hydrogen) atoms. The number of nitrogens with one attached hydrogen (secondary N) is 1. The number of non-ortho nitro benzene ring substituents is 1. The molecule has 0 saturated carbocycles. The van der Waals surface area contributed by atoms with Crippen molar-refractivity contribution in [3.8, 4) is 17.1 Å². The maximum atomic E-state index is 12.0. The van der Waals surface area contributed by atoms with Crippen LogP contribution < -0.4 is 10.2 Å². The fourth-order valence-corrected chi connectivity index (χ4v) is 3.12. The van der Waals surface area contributed by atoms with Crippen molar-refractivity contribution in [2.75, 3.05) is 6.61 Å². The van der Waals surface area contributed by atoms with Crippen molar-refractivity contribution in [1.29, 1.82) is 0 Å². The smallest absolute Gasteiger partial charge is 0.277 e. The van der Waals surface area contributed by atoms with E-state index in [0.29, 0.717) is 38.4 Å². The number of rotatable bonds is 7. The lowest BCUT2D eigenvalue weighted by atomic mass is 10.1. The van der Waals surface area contributed by atoms with Crippen LogP contribution in [-0.4, -0.2) is 23.7 Å². The molecule has 0 unspecified atom stereocenters. The van der Waals surface area contributed by atoms with Crippen molar-refractivity contribution in [3.05, 3.63) is 79.5 Å². The molecule has 1 aromatic heterocycles. The molecule has 0 aliphatic carbocycles. The number of hydrogen-bond acceptors (Lipinski definition) is 6. The molecule has 1 amide bonds. The van der Waals surface area contributed by atoms with E-state index in [4.69, 9.17) is 32.4 Å². The van der Waals surface area contributed by atoms with E-state index in [9.17, 15) is 14.9 Å². The standard InChI is InChI=1S/C21H17Cl2N3O5/c1-12-7-15(26(28)29)8-13(2)21(12)30-11-20(27)25-24-10-16-4-6-19(31-16)14-3-5-17(22)18(23)9-14/h3-10H,11H2,1-2H3,(H,25,27)/b24-10-. The van der Waals surface area contributed by atoms with Gasteiger partial charge in [-0.05, 0) is 55.3 Å². The molecule has 160 valence electrons. The van der Waals surface area contributed by atoms with E-state index in [-0.39, 0.29) is 12.3 Å². The van der Waals surface area contributed by atoms with Crippen LogP contribution in [0.3, 0.4) is 0 Å². The third-order valence-electron chi connectivity index (χ3n) is 4.22. The van der Waals surface area contributed by atoms with Crippen molar-refractivity contribution in [2.24, 2.45) is 5.10 Å². The molecular weight excluding hydrogens is 445 g/mol. The number of carbonyl (C=O) groups is 1. The number of carbonyl (C=O) groups excluding carboxylic acids is 1. The molecule has 1 heterocycles. The minimum atomic E-state index is -0.496. The second-order valence-corrected chi connectivity index (χ2v) is 7.39. The van der Waals surface area contributed by atoms with Gasteiger partial charge in [-0.3, -0.25) is 14.9 Å². The zero-order valence-corrected chi connectivity index (χ0v) is 18.0. The second-order valence-electron chi connectivity index (χ2n) is 6.58. The van der Waals surface area contributed by atoms with Gasteiger partial charge in [0.2, 0.25) is 0 Å². The van der Waals surface area contributed by atoms with Crippen LogP contribution in [0.15, 0.2) is 52.0 Å². The van der Waals surface area contributed by atoms with E-state index in [1.54, 1.807) is 44.2 Å². The number of hydrogen-bond donors (Lipinski definition) is 1. The predicted octanol–water partition coefficient (Wildman–Crippen LogP) is 5.31. The first kappa shape index (κ1) is 22.3. The van der Waals surface area contributed by atoms with Crippen LogP contribution in [0.5, 0.6) is 5.75 Å². The lowest BCUT2D eigenvalue weighted by Gasteiger charge is -2.11. The molecule has 0 saturated heterocycles. The van der Waals surface area contributed by atoms with Crippen LogP contribution in [0.4, 0.5) is 5.69 Å². The Balaban J connectivity index is 1.56. The minimum absolute atomic E-state index is 0.0323. The minimum Gasteiger partial charge on any atom is -0.483 e. The molecule has 8 nitrogen and oxygen atoms in total. The molecule has 3 rings (SSSR count). The number of aryl methyl sites for hydroxylation is 2. The highest BCUT2D eigenvalue weighted by molar-refractivity contribution is 6.42. The number of halogens is 2. The number of ether oxygens (including phenoxy) is 1. The number of furan rings is 1. The van der Waals surface area contributed by atoms with E-state index < -0.39 is 10.8 Å². The Kier molecular flexibility index (Phi) is 6.94. The van der Waals surface area contributed by atoms with Crippen molar-refractivity contribution >= 4 is 41.0 Å². The highest BCUT2D eigenvalue weighted by Crippen LogP contribution is 2.30. The van der Waals surface area contributed by atoms with E-state index in [1.165, 1.54) is 18.3 Å². The van der Waals surface area contributed by atoms with Gasteiger partial charge >= 0.3 is 0 Å². The first-order chi connectivity index (χ1) is 14.7. The molecular formula is C21H17Cl2N3O5. The van der Waals surface area contributed by atoms with Gasteiger partial charge < -0.3 is 9.15 Å². The summed E-state index contributed by atoms with van der Waals surface area (Å²) in [6.07, 6.45) is 1.35. The van der Waals surface area contributed by atoms with Crippen molar-refractivity contribution < 1.29 is 18.9 Å². The molecule has 0 aliphatic rings. The molecule has 0 bridgehead atoms. The fourth-order valence-electron chi connectivity index (χ4n) is 2.83. The Morgan fingerprint density at radius 2 is 1.87 bits per heavy atom. The average Bonchev–Trinajstić information content (AvgIpc) is 3.18. The first-order valence-corrected chi connectivity index (χ1v) is 9.76. The summed E-state index contributed by atoms with van der Waals surface area (Å²) in [5.74, 6) is 0.912. The van der Waals surface area contributed by atoms with Crippen molar-refractivity contribution in [3.63, 3.8) is 0 Å². The molecule has 1 N–H and O–H groups in total. The fraction of sp³-hybridized carbons (Fsp3) is 0.143. The topological polar surface area (TPSA) is 107 Å². The number of hydrazone groups is 1. The van der Waals surface area contributed by atoms with Gasteiger partial charge in [-0.2, -0.15) is 5.10 Å². The number of nitro benzene ring substituents is 1. The SMILES string of the molecule is Cc1cc([N+](=O)[O-])cc(C)c1OCC(=O)N/N=C\c1ccc(-c2ccc(Cl)c(Cl)c2)o1. The van der Waals surface area contributed by atoms with Crippen molar-refractivity contribution in [1.82, 2.24) is 5.43 Å². The maximum absolute atomic E-state index is 12.0. The zero-order valence-electron chi connectivity index (χ0n) is 16.5. The Morgan fingerprint density at radius 3 is 2.52 bits per heavy atom. The summed E-state index contributed by atoms with van der Waals surface area (Å²) >= 11 is 11.9. The summed E-state index contributed by atoms with van der Waals surface area (Å²) in [6.45, 7) is 3.05. The van der Waals surface area contributed by atoms with Crippen LogP contribution in [-0.2, 0) is 4.79 Å². The normalized spacial score (nSPS) is 11.0. The van der Waals surface area contributed by atoms with Gasteiger partial charge in [0.25, 0.3) is 11.6 Å². The summed E-state index contributed by atoms with van der Waals surface area (Å²) in [4.78, 5) is 22.4. The Bertz CT molecular complexity index is 1150. The summed E-state index contributed by atoms with van der Waals surface area (Å²) in [6, 6.07) is 11.3. The molecule has 0 aliphatic heterocycles. The Morgan fingerprint density at radius 1 is 1.16 bits per heavy atom. The van der Waals surface area contributed by atoms with Crippen LogP contribution in [0.1, 0.15) is 16.9 Å². The monoisotopic (exact) mass is 461 g/mol. The van der Waals surface area contributed by atoms with Gasteiger partial charge in [0.1, 0.15) is 17.3 Å². The zero-order chi connectivity index (χ0) is 22.5. The summed E-state index contributed by atoms with van der Waals surface area (Å²) in [5, 5.41) is 15.6. The third-order valence-corrected chi connectivity index (χ3v) is 4.95. The van der Waals surface area contributed by atoms with Gasteiger partial charge in [-0.25, -0.2) is 5.43 Å². The predicted molar refractivity (Wildman–Crippen MR) is 118 cm³/mol. The van der Waals surface area contributed by atoms with E-state index >= 15 is 0 Å². The van der Waals surface area contributed by atoms with Crippen LogP contribution >= 0.6 is 23.2 Å². The summed E-state index contributed by atoms with van der Waals surface area (Å²) in [7, 11) is 0. The summed E-state index contributed by atoms with van der Waals surface area (Å²) < 4.78 is 11.1. The Hall–Kier alpha value is -3.36. The van der Waals surface area contributed by atoms with E-state index in [0.717, 1.165) is 5.56 Å². The summed E-state index contributed by atoms with van der Waals surface area (Å²) in [5.41, 5.74) is 4.18. The number of benzene rings is 2.